The van der Waals surface area contributed by atoms with Crippen LogP contribution >= 0.6 is 0 Å². The molecule has 1 aliphatic rings. The van der Waals surface area contributed by atoms with Gasteiger partial charge in [0.25, 0.3) is 0 Å². The summed E-state index contributed by atoms with van der Waals surface area (Å²) in [7, 11) is -1.90. The van der Waals surface area contributed by atoms with E-state index in [0.29, 0.717) is 38.5 Å². The summed E-state index contributed by atoms with van der Waals surface area (Å²) < 4.78 is 45.3. The summed E-state index contributed by atoms with van der Waals surface area (Å²) in [4.78, 5) is 2.10. The largest absolute Gasteiger partial charge is 0.496 e. The minimum absolute atomic E-state index is 0.307. The van der Waals surface area contributed by atoms with Gasteiger partial charge in [-0.25, -0.2) is 12.8 Å². The van der Waals surface area contributed by atoms with E-state index < -0.39 is 10.0 Å². The summed E-state index contributed by atoms with van der Waals surface area (Å²) >= 11 is 0. The summed E-state index contributed by atoms with van der Waals surface area (Å²) in [6.45, 7) is 2.49. The molecular formula is C20H23FN2O3S. The zero-order chi connectivity index (χ0) is 19.3. The van der Waals surface area contributed by atoms with Crippen LogP contribution in [-0.2, 0) is 16.6 Å². The Hall–Kier alpha value is -2.22. The second-order valence-corrected chi connectivity index (χ2v) is 8.21. The number of halogens is 1. The lowest BCUT2D eigenvalue weighted by atomic mass is 10.1. The van der Waals surface area contributed by atoms with Gasteiger partial charge in [-0.15, -0.1) is 0 Å². The third-order valence-corrected chi connectivity index (χ3v) is 6.12. The summed E-state index contributed by atoms with van der Waals surface area (Å²) in [5.74, 6) is 0.329. The molecule has 0 bridgehead atoms. The molecule has 2 aromatic carbocycles. The summed E-state index contributed by atoms with van der Waals surface area (Å²) in [5.41, 5.74) is 1.61. The first-order valence-electron chi connectivity index (χ1n) is 8.76. The first kappa shape index (κ1) is 19.5. The van der Waals surface area contributed by atoms with E-state index in [1.165, 1.54) is 21.8 Å². The molecule has 5 nitrogen and oxygen atoms in total. The zero-order valence-electron chi connectivity index (χ0n) is 15.2. The van der Waals surface area contributed by atoms with Crippen molar-refractivity contribution in [2.24, 2.45) is 0 Å². The molecule has 0 saturated carbocycles. The van der Waals surface area contributed by atoms with Gasteiger partial charge in [-0.2, -0.15) is 4.31 Å². The molecular weight excluding hydrogens is 367 g/mol. The number of sulfonamides is 1. The van der Waals surface area contributed by atoms with Gasteiger partial charge in [0.2, 0.25) is 10.0 Å². The Morgan fingerprint density at radius 1 is 1.07 bits per heavy atom. The molecule has 3 rings (SSSR count). The van der Waals surface area contributed by atoms with Crippen LogP contribution in [0.25, 0.3) is 6.08 Å². The van der Waals surface area contributed by atoms with Gasteiger partial charge in [-0.3, -0.25) is 4.90 Å². The van der Waals surface area contributed by atoms with Gasteiger partial charge in [0.1, 0.15) is 11.6 Å². The summed E-state index contributed by atoms with van der Waals surface area (Å²) in [5, 5.41) is 1.26. The molecule has 1 fully saturated rings. The van der Waals surface area contributed by atoms with Crippen molar-refractivity contribution in [2.75, 3.05) is 33.3 Å². The van der Waals surface area contributed by atoms with E-state index in [4.69, 9.17) is 4.74 Å². The van der Waals surface area contributed by atoms with Gasteiger partial charge < -0.3 is 4.74 Å². The zero-order valence-corrected chi connectivity index (χ0v) is 16.0. The van der Waals surface area contributed by atoms with E-state index in [1.807, 2.05) is 30.3 Å². The van der Waals surface area contributed by atoms with Gasteiger partial charge in [0.15, 0.2) is 0 Å². The average molecular weight is 390 g/mol. The van der Waals surface area contributed by atoms with E-state index in [-0.39, 0.29) is 5.82 Å². The molecule has 144 valence electrons. The number of benzene rings is 2. The lowest BCUT2D eigenvalue weighted by Crippen LogP contribution is -2.47. The number of piperazine rings is 1. The van der Waals surface area contributed by atoms with Crippen LogP contribution in [0, 0.1) is 5.82 Å². The highest BCUT2D eigenvalue weighted by molar-refractivity contribution is 7.92. The average Bonchev–Trinajstić information content (AvgIpc) is 2.68. The highest BCUT2D eigenvalue weighted by Crippen LogP contribution is 2.22. The van der Waals surface area contributed by atoms with Gasteiger partial charge in [0, 0.05) is 43.7 Å². The van der Waals surface area contributed by atoms with Crippen molar-refractivity contribution < 1.29 is 17.5 Å². The number of rotatable bonds is 6. The SMILES string of the molecule is COc1ccc(F)cc1CN1CCN(S(=O)(=O)/C=C/c2ccccc2)CC1. The Balaban J connectivity index is 1.60. The fraction of sp³-hybridized carbons (Fsp3) is 0.300. The topological polar surface area (TPSA) is 49.9 Å². The first-order chi connectivity index (χ1) is 13.0. The van der Waals surface area contributed by atoms with Crippen molar-refractivity contribution >= 4 is 16.1 Å². The smallest absolute Gasteiger partial charge is 0.236 e. The Bertz CT molecular complexity index is 893. The first-order valence-corrected chi connectivity index (χ1v) is 10.3. The van der Waals surface area contributed by atoms with E-state index in [2.05, 4.69) is 4.90 Å². The van der Waals surface area contributed by atoms with Crippen molar-refractivity contribution in [3.63, 3.8) is 0 Å². The maximum atomic E-state index is 13.5. The molecule has 2 aromatic rings. The number of hydrogen-bond donors (Lipinski definition) is 0. The number of ether oxygens (including phenoxy) is 1. The third kappa shape index (κ3) is 5.15. The normalized spacial score (nSPS) is 16.7. The number of nitrogens with zero attached hydrogens (tertiary/aromatic N) is 2. The van der Waals surface area contributed by atoms with Crippen molar-refractivity contribution in [3.8, 4) is 5.75 Å². The Morgan fingerprint density at radius 3 is 2.44 bits per heavy atom. The van der Waals surface area contributed by atoms with Crippen LogP contribution in [0.1, 0.15) is 11.1 Å². The second kappa shape index (κ2) is 8.65. The molecule has 0 radical (unpaired) electrons. The summed E-state index contributed by atoms with van der Waals surface area (Å²) in [6, 6.07) is 13.8. The van der Waals surface area contributed by atoms with Crippen LogP contribution in [-0.4, -0.2) is 50.9 Å². The van der Waals surface area contributed by atoms with Gasteiger partial charge in [-0.1, -0.05) is 30.3 Å². The molecule has 1 aliphatic heterocycles. The standard InChI is InChI=1S/C20H23FN2O3S/c1-26-20-8-7-19(21)15-18(20)16-22-10-12-23(13-11-22)27(24,25)14-9-17-5-3-2-4-6-17/h2-9,14-15H,10-13,16H2,1H3/b14-9+. The van der Waals surface area contributed by atoms with E-state index in [0.717, 1.165) is 11.1 Å². The van der Waals surface area contributed by atoms with Crippen molar-refractivity contribution in [3.05, 3.63) is 70.9 Å². The quantitative estimate of drug-likeness (QED) is 0.761. The van der Waals surface area contributed by atoms with Crippen LogP contribution in [0.2, 0.25) is 0 Å². The monoisotopic (exact) mass is 390 g/mol. The molecule has 0 unspecified atom stereocenters. The fourth-order valence-corrected chi connectivity index (χ4v) is 4.24. The molecule has 0 spiro atoms. The van der Waals surface area contributed by atoms with Gasteiger partial charge in [-0.05, 0) is 29.8 Å². The molecule has 1 heterocycles. The van der Waals surface area contributed by atoms with Crippen molar-refractivity contribution in [1.29, 1.82) is 0 Å². The maximum absolute atomic E-state index is 13.5. The molecule has 1 saturated heterocycles. The molecule has 0 aromatic heterocycles. The van der Waals surface area contributed by atoms with Gasteiger partial charge >= 0.3 is 0 Å². The van der Waals surface area contributed by atoms with Crippen LogP contribution < -0.4 is 4.74 Å². The number of methoxy groups -OCH3 is 1. The third-order valence-electron chi connectivity index (χ3n) is 4.56. The van der Waals surface area contributed by atoms with Crippen LogP contribution in [0.15, 0.2) is 53.9 Å². The van der Waals surface area contributed by atoms with Crippen LogP contribution in [0.3, 0.4) is 0 Å². The van der Waals surface area contributed by atoms with Crippen LogP contribution in [0.5, 0.6) is 5.75 Å². The van der Waals surface area contributed by atoms with Gasteiger partial charge in [0.05, 0.1) is 7.11 Å². The molecule has 7 heteroatoms. The van der Waals surface area contributed by atoms with Crippen molar-refractivity contribution in [1.82, 2.24) is 9.21 Å². The Kier molecular flexibility index (Phi) is 6.26. The maximum Gasteiger partial charge on any atom is 0.236 e. The second-order valence-electron chi connectivity index (χ2n) is 6.39. The molecule has 0 N–H and O–H groups in total. The highest BCUT2D eigenvalue weighted by atomic mass is 32.2. The van der Waals surface area contributed by atoms with E-state index >= 15 is 0 Å². The molecule has 0 amide bonds. The molecule has 27 heavy (non-hydrogen) atoms. The number of hydrogen-bond acceptors (Lipinski definition) is 4. The lowest BCUT2D eigenvalue weighted by molar-refractivity contribution is 0.181. The molecule has 0 atom stereocenters. The minimum Gasteiger partial charge on any atom is -0.496 e. The predicted molar refractivity (Wildman–Crippen MR) is 104 cm³/mol. The van der Waals surface area contributed by atoms with E-state index in [9.17, 15) is 12.8 Å². The molecule has 0 aliphatic carbocycles. The Labute approximate surface area is 159 Å². The Morgan fingerprint density at radius 2 is 1.78 bits per heavy atom. The van der Waals surface area contributed by atoms with Crippen molar-refractivity contribution in [2.45, 2.75) is 6.54 Å². The predicted octanol–water partition coefficient (Wildman–Crippen LogP) is 2.95. The summed E-state index contributed by atoms with van der Waals surface area (Å²) in [6.07, 6.45) is 1.61. The lowest BCUT2D eigenvalue weighted by Gasteiger charge is -2.33. The highest BCUT2D eigenvalue weighted by Gasteiger charge is 2.25. The van der Waals surface area contributed by atoms with E-state index in [1.54, 1.807) is 19.3 Å². The fourth-order valence-electron chi connectivity index (χ4n) is 3.07. The minimum atomic E-state index is -3.46. The van der Waals surface area contributed by atoms with Crippen LogP contribution in [0.4, 0.5) is 4.39 Å².